The largest absolute Gasteiger partial charge is 0.468 e. The van der Waals surface area contributed by atoms with Crippen LogP contribution in [-0.4, -0.2) is 35.4 Å². The predicted octanol–water partition coefficient (Wildman–Crippen LogP) is 3.84. The molecule has 1 amide bonds. The van der Waals surface area contributed by atoms with E-state index in [2.05, 4.69) is 0 Å². The second kappa shape index (κ2) is 8.90. The molecular formula is C23H24N2O5. The summed E-state index contributed by atoms with van der Waals surface area (Å²) in [5, 5.41) is 11.0. The van der Waals surface area contributed by atoms with E-state index in [-0.39, 0.29) is 11.6 Å². The summed E-state index contributed by atoms with van der Waals surface area (Å²) in [6.07, 6.45) is 0. The minimum atomic E-state index is -0.946. The van der Waals surface area contributed by atoms with Crippen LogP contribution < -0.4 is 0 Å². The lowest BCUT2D eigenvalue weighted by Gasteiger charge is -2.21. The van der Waals surface area contributed by atoms with Gasteiger partial charge in [-0.25, -0.2) is 0 Å². The second-order valence-electron chi connectivity index (χ2n) is 7.53. The van der Waals surface area contributed by atoms with Gasteiger partial charge in [-0.15, -0.1) is 0 Å². The lowest BCUT2D eigenvalue weighted by atomic mass is 9.82. The zero-order valence-electron chi connectivity index (χ0n) is 17.2. The fraction of sp³-hybridized carbons (Fsp3) is 0.304. The fourth-order valence-electron chi connectivity index (χ4n) is 4.03. The Labute approximate surface area is 175 Å². The number of carbonyl (C=O) groups excluding carboxylic acids is 2. The topological polar surface area (TPSA) is 89.8 Å². The number of nitro groups is 1. The lowest BCUT2D eigenvalue weighted by molar-refractivity contribution is -0.384. The minimum absolute atomic E-state index is 0.00965. The Morgan fingerprint density at radius 3 is 2.30 bits per heavy atom. The normalized spacial score (nSPS) is 18.2. The number of nitro benzene ring substituents is 1. The van der Waals surface area contributed by atoms with Crippen molar-refractivity contribution in [1.82, 2.24) is 4.90 Å². The van der Waals surface area contributed by atoms with E-state index < -0.39 is 22.7 Å². The van der Waals surface area contributed by atoms with Crippen molar-refractivity contribution in [2.75, 3.05) is 13.7 Å². The maximum atomic E-state index is 13.1. The summed E-state index contributed by atoms with van der Waals surface area (Å²) in [7, 11) is 1.28. The number of esters is 1. The van der Waals surface area contributed by atoms with Crippen LogP contribution in [0.4, 0.5) is 5.69 Å². The summed E-state index contributed by atoms with van der Waals surface area (Å²) in [6, 6.07) is 15.8. The molecule has 0 N–H and O–H groups in total. The molecule has 1 saturated heterocycles. The third kappa shape index (κ3) is 4.25. The van der Waals surface area contributed by atoms with Crippen LogP contribution in [0.15, 0.2) is 60.2 Å². The Morgan fingerprint density at radius 1 is 1.13 bits per heavy atom. The molecule has 2 aromatic rings. The molecule has 0 aromatic heterocycles. The lowest BCUT2D eigenvalue weighted by Crippen LogP contribution is -2.31. The van der Waals surface area contributed by atoms with Gasteiger partial charge < -0.3 is 9.64 Å². The first-order valence-corrected chi connectivity index (χ1v) is 9.66. The van der Waals surface area contributed by atoms with Crippen molar-refractivity contribution in [2.45, 2.75) is 20.4 Å². The van der Waals surface area contributed by atoms with E-state index in [1.54, 1.807) is 17.0 Å². The van der Waals surface area contributed by atoms with E-state index in [0.717, 1.165) is 22.3 Å². The molecule has 0 saturated carbocycles. The van der Waals surface area contributed by atoms with Crippen LogP contribution in [0, 0.1) is 22.0 Å². The molecule has 0 radical (unpaired) electrons. The molecule has 7 heteroatoms. The number of hydrogen-bond acceptors (Lipinski definition) is 5. The van der Waals surface area contributed by atoms with Gasteiger partial charge in [0, 0.05) is 31.1 Å². The summed E-state index contributed by atoms with van der Waals surface area (Å²) in [4.78, 5) is 37.9. The Morgan fingerprint density at radius 2 is 1.77 bits per heavy atom. The van der Waals surface area contributed by atoms with Gasteiger partial charge in [-0.3, -0.25) is 19.7 Å². The number of likely N-dealkylation sites (tertiary alicyclic amines) is 1. The number of hydrogen-bond donors (Lipinski definition) is 0. The van der Waals surface area contributed by atoms with Crippen LogP contribution >= 0.6 is 0 Å². The quantitative estimate of drug-likeness (QED) is 0.314. The highest BCUT2D eigenvalue weighted by Gasteiger charge is 2.47. The van der Waals surface area contributed by atoms with Crippen LogP contribution in [0.2, 0.25) is 0 Å². The monoisotopic (exact) mass is 408 g/mol. The van der Waals surface area contributed by atoms with Crippen molar-refractivity contribution >= 4 is 23.1 Å². The van der Waals surface area contributed by atoms with Gasteiger partial charge in [-0.05, 0) is 42.7 Å². The molecular weight excluding hydrogens is 384 g/mol. The Hall–Kier alpha value is -3.48. The molecule has 0 unspecified atom stereocenters. The number of rotatable bonds is 6. The van der Waals surface area contributed by atoms with Gasteiger partial charge in [0.25, 0.3) is 5.69 Å². The highest BCUT2D eigenvalue weighted by atomic mass is 16.6. The van der Waals surface area contributed by atoms with Crippen LogP contribution in [-0.2, 0) is 20.9 Å². The first-order chi connectivity index (χ1) is 14.3. The van der Waals surface area contributed by atoms with Crippen LogP contribution in [0.1, 0.15) is 25.0 Å². The fourth-order valence-corrected chi connectivity index (χ4v) is 4.03. The van der Waals surface area contributed by atoms with E-state index in [4.69, 9.17) is 4.74 Å². The molecule has 3 rings (SSSR count). The molecule has 1 aliphatic heterocycles. The SMILES string of the molecule is COC(=O)[C@@H]1C(=O)N(Cc2ccccc2)C[C@H]1C(=C(C)C)c1ccc([N+](=O)[O-])cc1. The molecule has 0 aliphatic carbocycles. The average molecular weight is 408 g/mol. The van der Waals surface area contributed by atoms with Crippen molar-refractivity contribution < 1.29 is 19.2 Å². The van der Waals surface area contributed by atoms with Gasteiger partial charge >= 0.3 is 5.97 Å². The van der Waals surface area contributed by atoms with E-state index in [1.807, 2.05) is 44.2 Å². The van der Waals surface area contributed by atoms with E-state index in [9.17, 15) is 19.7 Å². The highest BCUT2D eigenvalue weighted by Crippen LogP contribution is 2.39. The molecule has 1 aliphatic rings. The summed E-state index contributed by atoms with van der Waals surface area (Å²) in [5.41, 5.74) is 3.50. The average Bonchev–Trinajstić information content (AvgIpc) is 3.04. The first kappa shape index (κ1) is 21.2. The third-order valence-corrected chi connectivity index (χ3v) is 5.37. The van der Waals surface area contributed by atoms with E-state index in [0.29, 0.717) is 13.1 Å². The first-order valence-electron chi connectivity index (χ1n) is 9.66. The van der Waals surface area contributed by atoms with Crippen LogP contribution in [0.25, 0.3) is 5.57 Å². The van der Waals surface area contributed by atoms with Gasteiger partial charge in [0.05, 0.1) is 12.0 Å². The van der Waals surface area contributed by atoms with E-state index >= 15 is 0 Å². The second-order valence-corrected chi connectivity index (χ2v) is 7.53. The van der Waals surface area contributed by atoms with Gasteiger partial charge in [-0.1, -0.05) is 35.9 Å². The zero-order chi connectivity index (χ0) is 21.8. The van der Waals surface area contributed by atoms with Crippen molar-refractivity contribution in [1.29, 1.82) is 0 Å². The van der Waals surface area contributed by atoms with Gasteiger partial charge in [0.2, 0.25) is 5.91 Å². The van der Waals surface area contributed by atoms with Gasteiger partial charge in [0.15, 0.2) is 0 Å². The maximum absolute atomic E-state index is 13.1. The molecule has 1 heterocycles. The zero-order valence-corrected chi connectivity index (χ0v) is 17.2. The number of nitrogens with zero attached hydrogens (tertiary/aromatic N) is 2. The predicted molar refractivity (Wildman–Crippen MR) is 112 cm³/mol. The van der Waals surface area contributed by atoms with Crippen LogP contribution in [0.3, 0.4) is 0 Å². The van der Waals surface area contributed by atoms with Crippen LogP contribution in [0.5, 0.6) is 0 Å². The van der Waals surface area contributed by atoms with E-state index in [1.165, 1.54) is 19.2 Å². The standard InChI is InChI=1S/C23H24N2O5/c1-15(2)20(17-9-11-18(12-10-17)25(28)29)19-14-24(13-16-7-5-4-6-8-16)22(26)21(19)23(27)30-3/h4-12,19,21H,13-14H2,1-3H3/t19-,21-/m0/s1. The number of ether oxygens (including phenoxy) is 1. The number of non-ortho nitro benzene ring substituents is 1. The number of methoxy groups -OCH3 is 1. The molecule has 1 fully saturated rings. The molecule has 7 nitrogen and oxygen atoms in total. The van der Waals surface area contributed by atoms with Crippen molar-refractivity contribution in [3.05, 3.63) is 81.4 Å². The van der Waals surface area contributed by atoms with Crippen molar-refractivity contribution in [3.63, 3.8) is 0 Å². The summed E-state index contributed by atoms with van der Waals surface area (Å²) < 4.78 is 4.95. The smallest absolute Gasteiger partial charge is 0.318 e. The molecule has 2 atom stereocenters. The number of amides is 1. The van der Waals surface area contributed by atoms with Crippen molar-refractivity contribution in [3.8, 4) is 0 Å². The summed E-state index contributed by atoms with van der Waals surface area (Å²) in [6.45, 7) is 4.59. The molecule has 0 bridgehead atoms. The summed E-state index contributed by atoms with van der Waals surface area (Å²) in [5.74, 6) is -2.18. The van der Waals surface area contributed by atoms with Gasteiger partial charge in [0.1, 0.15) is 5.92 Å². The summed E-state index contributed by atoms with van der Waals surface area (Å²) >= 11 is 0. The minimum Gasteiger partial charge on any atom is -0.468 e. The Kier molecular flexibility index (Phi) is 6.30. The maximum Gasteiger partial charge on any atom is 0.318 e. The third-order valence-electron chi connectivity index (χ3n) is 5.37. The highest BCUT2D eigenvalue weighted by molar-refractivity contribution is 6.02. The number of allylic oxidation sites excluding steroid dienone is 1. The number of benzene rings is 2. The van der Waals surface area contributed by atoms with Crippen molar-refractivity contribution in [2.24, 2.45) is 11.8 Å². The molecule has 30 heavy (non-hydrogen) atoms. The Balaban J connectivity index is 1.98. The Bertz CT molecular complexity index is 978. The molecule has 0 spiro atoms. The van der Waals surface area contributed by atoms with Gasteiger partial charge in [-0.2, -0.15) is 0 Å². The molecule has 156 valence electrons. The number of carbonyl (C=O) groups is 2. The molecule has 2 aromatic carbocycles.